The molecule has 1 atom stereocenters. The molecule has 7 rings (SSSR count). The molecule has 2 heterocycles. The van der Waals surface area contributed by atoms with E-state index in [9.17, 15) is 9.18 Å². The summed E-state index contributed by atoms with van der Waals surface area (Å²) in [5, 5.41) is 6.85. The molecule has 5 heteroatoms. The highest BCUT2D eigenvalue weighted by Crippen LogP contribution is 2.55. The zero-order valence-electron chi connectivity index (χ0n) is 16.4. The number of hydrogen-bond acceptors (Lipinski definition) is 3. The Morgan fingerprint density at radius 3 is 2.52 bits per heavy atom. The van der Waals surface area contributed by atoms with Crippen molar-refractivity contribution in [3.05, 3.63) is 71.5 Å². The van der Waals surface area contributed by atoms with Crippen LogP contribution in [0.1, 0.15) is 50.3 Å². The normalized spacial score (nSPS) is 36.4. The third-order valence-corrected chi connectivity index (χ3v) is 7.51. The number of hydrogen-bond donors (Lipinski definition) is 2. The molecule has 1 amide bonds. The molecular weight excluding hydrogens is 365 g/mol. The highest BCUT2D eigenvalue weighted by Gasteiger charge is 2.52. The smallest absolute Gasteiger partial charge is 0.270 e. The molecule has 6 aliphatic rings. The van der Waals surface area contributed by atoms with E-state index in [0.717, 1.165) is 48.3 Å². The molecule has 150 valence electrons. The lowest BCUT2D eigenvalue weighted by Gasteiger charge is -2.56. The van der Waals surface area contributed by atoms with Crippen molar-refractivity contribution in [2.75, 3.05) is 0 Å². The maximum absolute atomic E-state index is 13.8. The summed E-state index contributed by atoms with van der Waals surface area (Å²) < 4.78 is 13.8. The minimum atomic E-state index is -0.279. The predicted molar refractivity (Wildman–Crippen MR) is 108 cm³/mol. The zero-order chi connectivity index (χ0) is 19.6. The molecule has 29 heavy (non-hydrogen) atoms. The van der Waals surface area contributed by atoms with Gasteiger partial charge >= 0.3 is 0 Å². The van der Waals surface area contributed by atoms with Crippen LogP contribution in [-0.2, 0) is 4.79 Å². The summed E-state index contributed by atoms with van der Waals surface area (Å²) in [6, 6.07) is 6.58. The quantitative estimate of drug-likeness (QED) is 0.815. The predicted octanol–water partition coefficient (Wildman–Crippen LogP) is 4.11. The number of carbonyl (C=O) groups is 1. The van der Waals surface area contributed by atoms with Crippen molar-refractivity contribution in [1.29, 1.82) is 0 Å². The summed E-state index contributed by atoms with van der Waals surface area (Å²) >= 11 is 0. The first-order chi connectivity index (χ1) is 14.1. The van der Waals surface area contributed by atoms with Crippen molar-refractivity contribution in [3.63, 3.8) is 0 Å². The lowest BCUT2D eigenvalue weighted by atomic mass is 9.53. The van der Waals surface area contributed by atoms with Crippen LogP contribution >= 0.6 is 0 Å². The highest BCUT2D eigenvalue weighted by atomic mass is 19.1. The Kier molecular flexibility index (Phi) is 3.71. The van der Waals surface area contributed by atoms with E-state index in [1.54, 1.807) is 6.07 Å². The maximum Gasteiger partial charge on any atom is 0.270 e. The topological polar surface area (TPSA) is 44.4 Å². The molecule has 2 N–H and O–H groups in total. The highest BCUT2D eigenvalue weighted by molar-refractivity contribution is 5.95. The number of carbonyl (C=O) groups excluding carboxylic acids is 1. The summed E-state index contributed by atoms with van der Waals surface area (Å²) in [7, 11) is 0. The van der Waals surface area contributed by atoms with Gasteiger partial charge in [-0.25, -0.2) is 4.39 Å². The van der Waals surface area contributed by atoms with E-state index in [0.29, 0.717) is 5.70 Å². The molecule has 4 saturated carbocycles. The molecule has 4 fully saturated rings. The maximum atomic E-state index is 13.8. The van der Waals surface area contributed by atoms with Gasteiger partial charge in [0.15, 0.2) is 0 Å². The average molecular weight is 391 g/mol. The Labute approximate surface area is 170 Å². The van der Waals surface area contributed by atoms with Gasteiger partial charge in [0.05, 0.1) is 5.70 Å². The van der Waals surface area contributed by atoms with Gasteiger partial charge in [-0.3, -0.25) is 4.79 Å². The Balaban J connectivity index is 1.28. The second kappa shape index (κ2) is 6.22. The Morgan fingerprint density at radius 1 is 1.10 bits per heavy atom. The number of amides is 1. The Bertz CT molecular complexity index is 927. The van der Waals surface area contributed by atoms with Crippen LogP contribution in [0.15, 0.2) is 60.1 Å². The minimum absolute atomic E-state index is 0.0224. The molecule has 0 saturated heterocycles. The van der Waals surface area contributed by atoms with Crippen molar-refractivity contribution < 1.29 is 9.18 Å². The molecule has 0 radical (unpaired) electrons. The SMILES string of the molecule is O=C(NC12CC3CC(CC(C3)C1)C2)C1=C2C=CC=CN2C(c2cccc(F)c2)N1. The second-order valence-electron chi connectivity index (χ2n) is 9.62. The van der Waals surface area contributed by atoms with Gasteiger partial charge in [-0.15, -0.1) is 0 Å². The monoisotopic (exact) mass is 391 g/mol. The number of nitrogens with one attached hydrogen (secondary N) is 2. The van der Waals surface area contributed by atoms with Gasteiger partial charge in [0.2, 0.25) is 0 Å². The molecule has 2 aliphatic heterocycles. The van der Waals surface area contributed by atoms with Gasteiger partial charge in [-0.2, -0.15) is 0 Å². The molecule has 4 aliphatic carbocycles. The number of allylic oxidation sites excluding steroid dienone is 3. The van der Waals surface area contributed by atoms with E-state index < -0.39 is 0 Å². The molecule has 4 bridgehead atoms. The number of nitrogens with zero attached hydrogens (tertiary/aromatic N) is 1. The van der Waals surface area contributed by atoms with Gasteiger partial charge in [0, 0.05) is 11.7 Å². The number of rotatable bonds is 3. The summed E-state index contributed by atoms with van der Waals surface area (Å²) in [5.74, 6) is 2.05. The fourth-order valence-electron chi connectivity index (χ4n) is 6.84. The number of benzene rings is 1. The van der Waals surface area contributed by atoms with E-state index in [1.807, 2.05) is 35.4 Å². The zero-order valence-corrected chi connectivity index (χ0v) is 16.4. The van der Waals surface area contributed by atoms with Crippen LogP contribution in [0.5, 0.6) is 0 Å². The van der Waals surface area contributed by atoms with Gasteiger partial charge in [-0.1, -0.05) is 18.2 Å². The van der Waals surface area contributed by atoms with Crippen LogP contribution in [-0.4, -0.2) is 16.3 Å². The number of fused-ring (bicyclic) bond motifs is 1. The van der Waals surface area contributed by atoms with E-state index >= 15 is 0 Å². The van der Waals surface area contributed by atoms with Crippen LogP contribution in [0.3, 0.4) is 0 Å². The number of halogens is 1. The van der Waals surface area contributed by atoms with Crippen molar-refractivity contribution in [2.24, 2.45) is 17.8 Å². The summed E-state index contributed by atoms with van der Waals surface area (Å²) in [4.78, 5) is 15.5. The molecule has 0 spiro atoms. The first-order valence-corrected chi connectivity index (χ1v) is 10.8. The molecular formula is C24H26FN3O. The second-order valence-corrected chi connectivity index (χ2v) is 9.62. The lowest BCUT2D eigenvalue weighted by Crippen LogP contribution is -2.60. The molecule has 0 aromatic heterocycles. The van der Waals surface area contributed by atoms with Crippen LogP contribution in [0.25, 0.3) is 0 Å². The van der Waals surface area contributed by atoms with Crippen molar-refractivity contribution in [3.8, 4) is 0 Å². The van der Waals surface area contributed by atoms with Gasteiger partial charge in [0.25, 0.3) is 5.91 Å². The molecule has 1 aromatic rings. The van der Waals surface area contributed by atoms with Gasteiger partial charge in [0.1, 0.15) is 17.7 Å². The van der Waals surface area contributed by atoms with E-state index in [-0.39, 0.29) is 23.4 Å². The van der Waals surface area contributed by atoms with Crippen LogP contribution in [0.4, 0.5) is 4.39 Å². The average Bonchev–Trinajstić information content (AvgIpc) is 3.06. The summed E-state index contributed by atoms with van der Waals surface area (Å²) in [5.41, 5.74) is 2.22. The van der Waals surface area contributed by atoms with Crippen molar-refractivity contribution in [1.82, 2.24) is 15.5 Å². The Hall–Kier alpha value is -2.56. The van der Waals surface area contributed by atoms with E-state index in [2.05, 4.69) is 10.6 Å². The largest absolute Gasteiger partial charge is 0.355 e. The van der Waals surface area contributed by atoms with Crippen molar-refractivity contribution >= 4 is 5.91 Å². The van der Waals surface area contributed by atoms with Crippen LogP contribution in [0.2, 0.25) is 0 Å². The fraction of sp³-hybridized carbons (Fsp3) is 0.458. The van der Waals surface area contributed by atoms with Crippen molar-refractivity contribution in [2.45, 2.75) is 50.2 Å². The first-order valence-electron chi connectivity index (χ1n) is 10.8. The van der Waals surface area contributed by atoms with Gasteiger partial charge < -0.3 is 15.5 Å². The van der Waals surface area contributed by atoms with E-state index in [4.69, 9.17) is 0 Å². The molecule has 1 unspecified atom stereocenters. The van der Waals surface area contributed by atoms with Gasteiger partial charge in [-0.05, 0) is 86.1 Å². The summed E-state index contributed by atoms with van der Waals surface area (Å²) in [6.07, 6.45) is 14.9. The summed E-state index contributed by atoms with van der Waals surface area (Å²) in [6.45, 7) is 0. The van der Waals surface area contributed by atoms with Crippen LogP contribution in [0, 0.1) is 23.6 Å². The Morgan fingerprint density at radius 2 is 1.83 bits per heavy atom. The first kappa shape index (κ1) is 17.3. The minimum Gasteiger partial charge on any atom is -0.355 e. The molecule has 4 nitrogen and oxygen atoms in total. The van der Waals surface area contributed by atoms with Crippen LogP contribution < -0.4 is 10.6 Å². The fourth-order valence-corrected chi connectivity index (χ4v) is 6.84. The third kappa shape index (κ3) is 2.82. The standard InChI is InChI=1S/C24H26FN3O/c25-19-5-3-4-18(11-19)22-26-21(20-6-1-2-7-28(20)22)23(29)27-24-12-15-8-16(13-24)10-17(9-15)14-24/h1-7,11,15-17,22,26H,8-10,12-14H2,(H,27,29). The van der Waals surface area contributed by atoms with E-state index in [1.165, 1.54) is 31.4 Å². The molecule has 1 aromatic carbocycles. The lowest BCUT2D eigenvalue weighted by molar-refractivity contribution is -0.123. The third-order valence-electron chi connectivity index (χ3n) is 7.51.